The number of aryl methyl sites for hydroxylation is 1. The first-order chi connectivity index (χ1) is 8.38. The topological polar surface area (TPSA) is 93.2 Å². The molecule has 0 radical (unpaired) electrons. The zero-order chi connectivity index (χ0) is 13.7. The Morgan fingerprint density at radius 3 is 2.67 bits per heavy atom. The Balaban J connectivity index is 2.60. The second kappa shape index (κ2) is 6.15. The van der Waals surface area contributed by atoms with Crippen molar-refractivity contribution >= 4 is 11.9 Å². The molecular weight excluding hydrogens is 234 g/mol. The van der Waals surface area contributed by atoms with Crippen LogP contribution in [-0.2, 0) is 18.4 Å². The summed E-state index contributed by atoms with van der Waals surface area (Å²) in [5.41, 5.74) is 5.91. The van der Waals surface area contributed by atoms with Gasteiger partial charge in [-0.15, -0.1) is 0 Å². The number of carbonyl (C=O) groups is 2. The van der Waals surface area contributed by atoms with E-state index in [1.54, 1.807) is 10.9 Å². The summed E-state index contributed by atoms with van der Waals surface area (Å²) in [6.45, 7) is 4.68. The predicted octanol–water partition coefficient (Wildman–Crippen LogP) is -0.175. The molecule has 3 N–H and O–H groups in total. The lowest BCUT2D eigenvalue weighted by Crippen LogP contribution is -2.44. The standard InChI is InChI=1S/C11H19N5O2/c1-8(2)16(7-10(17)14-11(12)18)6-9-4-13-15(3)5-9/h4-5,8H,6-7H2,1-3H3,(H3,12,14,17,18). The lowest BCUT2D eigenvalue weighted by molar-refractivity contribution is -0.121. The van der Waals surface area contributed by atoms with E-state index in [4.69, 9.17) is 5.73 Å². The molecule has 0 aliphatic rings. The number of nitrogens with zero attached hydrogens (tertiary/aromatic N) is 3. The number of primary amides is 1. The van der Waals surface area contributed by atoms with Crippen LogP contribution in [0.25, 0.3) is 0 Å². The minimum absolute atomic E-state index is 0.121. The monoisotopic (exact) mass is 253 g/mol. The molecule has 0 saturated carbocycles. The van der Waals surface area contributed by atoms with Crippen LogP contribution >= 0.6 is 0 Å². The summed E-state index contributed by atoms with van der Waals surface area (Å²) in [6.07, 6.45) is 3.64. The summed E-state index contributed by atoms with van der Waals surface area (Å²) in [5.74, 6) is -0.403. The molecule has 7 nitrogen and oxygen atoms in total. The summed E-state index contributed by atoms with van der Waals surface area (Å²) in [7, 11) is 1.84. The molecule has 0 spiro atoms. The van der Waals surface area contributed by atoms with Crippen LogP contribution in [-0.4, -0.2) is 39.2 Å². The van der Waals surface area contributed by atoms with E-state index in [1.165, 1.54) is 0 Å². The number of carbonyl (C=O) groups excluding carboxylic acids is 2. The number of rotatable bonds is 5. The van der Waals surface area contributed by atoms with Gasteiger partial charge in [0, 0.05) is 31.4 Å². The Kier molecular flexibility index (Phi) is 4.85. The van der Waals surface area contributed by atoms with E-state index in [0.29, 0.717) is 6.54 Å². The van der Waals surface area contributed by atoms with Gasteiger partial charge >= 0.3 is 6.03 Å². The Morgan fingerprint density at radius 1 is 1.56 bits per heavy atom. The van der Waals surface area contributed by atoms with Gasteiger partial charge in [0.25, 0.3) is 0 Å². The first-order valence-corrected chi connectivity index (χ1v) is 5.69. The van der Waals surface area contributed by atoms with Crippen LogP contribution in [0, 0.1) is 0 Å². The van der Waals surface area contributed by atoms with Gasteiger partial charge in [0.2, 0.25) is 5.91 Å². The van der Waals surface area contributed by atoms with Crippen molar-refractivity contribution in [1.82, 2.24) is 20.0 Å². The van der Waals surface area contributed by atoms with E-state index in [2.05, 4.69) is 10.4 Å². The lowest BCUT2D eigenvalue weighted by Gasteiger charge is -2.24. The molecule has 0 aliphatic heterocycles. The molecule has 1 rings (SSSR count). The fraction of sp³-hybridized carbons (Fsp3) is 0.545. The molecule has 3 amide bonds. The summed E-state index contributed by atoms with van der Waals surface area (Å²) < 4.78 is 1.71. The van der Waals surface area contributed by atoms with Gasteiger partial charge in [-0.3, -0.25) is 19.7 Å². The molecule has 0 saturated heterocycles. The molecule has 0 aromatic carbocycles. The number of hydrogen-bond donors (Lipinski definition) is 2. The molecule has 0 aliphatic carbocycles. The van der Waals surface area contributed by atoms with Crippen molar-refractivity contribution in [2.45, 2.75) is 26.4 Å². The van der Waals surface area contributed by atoms with Crippen LogP contribution in [0.15, 0.2) is 12.4 Å². The Morgan fingerprint density at radius 2 is 2.22 bits per heavy atom. The normalized spacial score (nSPS) is 10.9. The average molecular weight is 253 g/mol. The molecule has 1 aromatic rings. The fourth-order valence-electron chi connectivity index (χ4n) is 1.57. The number of nitrogens with one attached hydrogen (secondary N) is 1. The molecular formula is C11H19N5O2. The van der Waals surface area contributed by atoms with Crippen molar-refractivity contribution in [2.75, 3.05) is 6.54 Å². The number of nitrogens with two attached hydrogens (primary N) is 1. The number of imide groups is 1. The maximum Gasteiger partial charge on any atom is 0.318 e. The smallest absolute Gasteiger partial charge is 0.318 e. The van der Waals surface area contributed by atoms with Crippen molar-refractivity contribution in [1.29, 1.82) is 0 Å². The Bertz CT molecular complexity index is 427. The Hall–Kier alpha value is -1.89. The predicted molar refractivity (Wildman–Crippen MR) is 66.5 cm³/mol. The number of hydrogen-bond acceptors (Lipinski definition) is 4. The SMILES string of the molecule is CC(C)N(CC(=O)NC(N)=O)Cc1cnn(C)c1. The fourth-order valence-corrected chi connectivity index (χ4v) is 1.57. The minimum atomic E-state index is -0.829. The molecule has 7 heteroatoms. The third-order valence-electron chi connectivity index (χ3n) is 2.48. The van der Waals surface area contributed by atoms with Gasteiger partial charge in [0.15, 0.2) is 0 Å². The van der Waals surface area contributed by atoms with Crippen molar-refractivity contribution < 1.29 is 9.59 Å². The third-order valence-corrected chi connectivity index (χ3v) is 2.48. The summed E-state index contributed by atoms with van der Waals surface area (Å²) in [4.78, 5) is 24.0. The van der Waals surface area contributed by atoms with Crippen molar-refractivity contribution in [3.63, 3.8) is 0 Å². The van der Waals surface area contributed by atoms with Gasteiger partial charge in [-0.25, -0.2) is 4.79 Å². The van der Waals surface area contributed by atoms with E-state index < -0.39 is 11.9 Å². The van der Waals surface area contributed by atoms with Crippen molar-refractivity contribution in [2.24, 2.45) is 12.8 Å². The zero-order valence-corrected chi connectivity index (χ0v) is 10.9. The van der Waals surface area contributed by atoms with Crippen molar-refractivity contribution in [3.05, 3.63) is 18.0 Å². The average Bonchev–Trinajstić information content (AvgIpc) is 2.61. The lowest BCUT2D eigenvalue weighted by atomic mass is 10.2. The molecule has 0 atom stereocenters. The summed E-state index contributed by atoms with van der Waals surface area (Å²) in [5, 5.41) is 6.13. The van der Waals surface area contributed by atoms with Crippen molar-refractivity contribution in [3.8, 4) is 0 Å². The van der Waals surface area contributed by atoms with E-state index in [-0.39, 0.29) is 12.6 Å². The largest absolute Gasteiger partial charge is 0.351 e. The van der Waals surface area contributed by atoms with E-state index in [0.717, 1.165) is 5.56 Å². The van der Waals surface area contributed by atoms with Crippen LogP contribution in [0.4, 0.5) is 4.79 Å². The van der Waals surface area contributed by atoms with Gasteiger partial charge in [-0.2, -0.15) is 5.10 Å². The summed E-state index contributed by atoms with van der Waals surface area (Å²) >= 11 is 0. The zero-order valence-electron chi connectivity index (χ0n) is 10.9. The molecule has 1 aromatic heterocycles. The molecule has 18 heavy (non-hydrogen) atoms. The highest BCUT2D eigenvalue weighted by atomic mass is 16.2. The molecule has 100 valence electrons. The van der Waals surface area contributed by atoms with Crippen LogP contribution in [0.3, 0.4) is 0 Å². The second-order valence-electron chi connectivity index (χ2n) is 4.43. The van der Waals surface area contributed by atoms with Crippen LogP contribution < -0.4 is 11.1 Å². The quantitative estimate of drug-likeness (QED) is 0.761. The molecule has 0 unspecified atom stereocenters. The van der Waals surface area contributed by atoms with Gasteiger partial charge in [0.1, 0.15) is 0 Å². The van der Waals surface area contributed by atoms with Crippen LogP contribution in [0.5, 0.6) is 0 Å². The van der Waals surface area contributed by atoms with Crippen LogP contribution in [0.1, 0.15) is 19.4 Å². The first kappa shape index (κ1) is 14.2. The highest BCUT2D eigenvalue weighted by Gasteiger charge is 2.16. The van der Waals surface area contributed by atoms with E-state index >= 15 is 0 Å². The van der Waals surface area contributed by atoms with Gasteiger partial charge < -0.3 is 5.73 Å². The Labute approximate surface area is 106 Å². The molecule has 0 fully saturated rings. The number of urea groups is 1. The van der Waals surface area contributed by atoms with E-state index in [1.807, 2.05) is 32.0 Å². The first-order valence-electron chi connectivity index (χ1n) is 5.69. The molecule has 1 heterocycles. The summed E-state index contributed by atoms with van der Waals surface area (Å²) in [6, 6.07) is -0.658. The van der Waals surface area contributed by atoms with E-state index in [9.17, 15) is 9.59 Å². The van der Waals surface area contributed by atoms with Gasteiger partial charge in [-0.05, 0) is 13.8 Å². The second-order valence-corrected chi connectivity index (χ2v) is 4.43. The number of aromatic nitrogens is 2. The number of amides is 3. The third kappa shape index (κ3) is 4.54. The highest BCUT2D eigenvalue weighted by molar-refractivity contribution is 5.94. The maximum absolute atomic E-state index is 11.5. The van der Waals surface area contributed by atoms with Crippen LogP contribution in [0.2, 0.25) is 0 Å². The molecule has 0 bridgehead atoms. The highest BCUT2D eigenvalue weighted by Crippen LogP contribution is 2.06. The minimum Gasteiger partial charge on any atom is -0.351 e. The van der Waals surface area contributed by atoms with Gasteiger partial charge in [-0.1, -0.05) is 0 Å². The maximum atomic E-state index is 11.5. The van der Waals surface area contributed by atoms with Gasteiger partial charge in [0.05, 0.1) is 12.7 Å².